The Balaban J connectivity index is 0.895. The fourth-order valence-corrected chi connectivity index (χ4v) is 17.7. The molecule has 0 amide bonds. The number of carbonyl (C=O) groups is 1. The zero-order chi connectivity index (χ0) is 55.2. The van der Waals surface area contributed by atoms with E-state index in [2.05, 4.69) is 34.6 Å². The van der Waals surface area contributed by atoms with Gasteiger partial charge in [0.15, 0.2) is 25.2 Å². The van der Waals surface area contributed by atoms with E-state index in [-0.39, 0.29) is 28.6 Å². The SMILES string of the molecule is C[C@@H]1O[C@@H](O[C@H]2[C@H](O)[C@@H](O)[C@H](O[C@H]3[C@H](O[C@H]4CC[C@@]5(C)[C@H](CC[C@]6(C)[C@H]5CC[C@]57OC[C@@]8(CC[C@@](C)(C(=O)O)C[C@H]85)[C@H](O)C[C@]76C)C4(C)C)OC[C@H](O[C@@H]4O[C@H](CO)[C@@H](O)[C@H](O)[C@H]4O)[C@@H]3O)O[C@@H]2CO)[C@H](O)[C@H](O)[C@H]1O. The summed E-state index contributed by atoms with van der Waals surface area (Å²) in [5.41, 5.74) is -3.49. The highest BCUT2D eigenvalue weighted by Crippen LogP contribution is 2.80. The normalized spacial score (nSPS) is 57.9. The van der Waals surface area contributed by atoms with Crippen LogP contribution < -0.4 is 0 Å². The van der Waals surface area contributed by atoms with E-state index in [1.807, 2.05) is 6.92 Å². The Morgan fingerprint density at radius 1 is 0.566 bits per heavy atom. The summed E-state index contributed by atoms with van der Waals surface area (Å²) in [4.78, 5) is 12.8. The quantitative estimate of drug-likeness (QED) is 0.103. The van der Waals surface area contributed by atoms with Gasteiger partial charge in [0.2, 0.25) is 0 Å². The van der Waals surface area contributed by atoms with Crippen LogP contribution >= 0.6 is 0 Å². The van der Waals surface area contributed by atoms with Gasteiger partial charge in [-0.2, -0.15) is 0 Å². The Bertz CT molecular complexity index is 2100. The molecule has 0 aromatic heterocycles. The lowest BCUT2D eigenvalue weighted by atomic mass is 9.30. The van der Waals surface area contributed by atoms with E-state index in [4.69, 9.17) is 42.6 Å². The highest BCUT2D eigenvalue weighted by Gasteiger charge is 2.80. The number of carboxylic acids is 1. The average Bonchev–Trinajstić information content (AvgIpc) is 3.66. The maximum atomic E-state index is 12.8. The van der Waals surface area contributed by atoms with Crippen LogP contribution in [0.15, 0.2) is 0 Å². The molecule has 23 heteroatoms. The van der Waals surface area contributed by atoms with Gasteiger partial charge in [-0.3, -0.25) is 4.79 Å². The predicted octanol–water partition coefficient (Wildman–Crippen LogP) is -1.62. The van der Waals surface area contributed by atoms with Crippen LogP contribution in [0, 0.1) is 50.2 Å². The van der Waals surface area contributed by atoms with Crippen molar-refractivity contribution >= 4 is 5.97 Å². The fourth-order valence-electron chi connectivity index (χ4n) is 17.7. The second-order valence-electron chi connectivity index (χ2n) is 26.3. The minimum absolute atomic E-state index is 0.0895. The van der Waals surface area contributed by atoms with Crippen molar-refractivity contribution in [2.75, 3.05) is 26.4 Å². The molecule has 5 saturated carbocycles. The molecule has 0 aromatic carbocycles. The molecule has 23 nitrogen and oxygen atoms in total. The number of hydrogen-bond donors (Lipinski definition) is 13. The lowest BCUT2D eigenvalue weighted by molar-refractivity contribution is -0.392. The fraction of sp³-hybridized carbons (Fsp3) is 0.981. The number of rotatable bonds is 11. The van der Waals surface area contributed by atoms with Gasteiger partial charge in [-0.05, 0) is 112 Å². The standard InChI is InChI=1S/C53H86O23/c1-22-31(57)34(60)37(63)42(70-22)75-40-24(19-55)72-44(39(65)36(40)62)76-41-33(59)25(73-43-38(64)35(61)32(58)23(18-54)71-43)20-68-45(41)74-30-10-11-49(5)26(47(30,2)3)8-12-50(6)27(49)9-13-53-28-16-48(4,46(66)67)14-15-52(28,21-69-53)29(56)17-51(50,53)7/h22-45,54-65H,8-21H2,1-7H3,(H,66,67)/t22-,23+,24+,25-,26+,27-,28+,29+,30-,31-,32+,33-,34+,35-,36+,37+,38+,39+,40+,41+,42-,43-,44-,45-,48+,49-,50+,51-,52+,53-/m0/s1. The Morgan fingerprint density at radius 3 is 1.84 bits per heavy atom. The molecule has 436 valence electrons. The molecule has 10 aliphatic rings. The van der Waals surface area contributed by atoms with Crippen molar-refractivity contribution in [2.24, 2.45) is 50.2 Å². The highest BCUT2D eigenvalue weighted by molar-refractivity contribution is 5.74. The first kappa shape index (κ1) is 57.8. The molecule has 5 aliphatic heterocycles. The molecule has 0 radical (unpaired) electrons. The predicted molar refractivity (Wildman–Crippen MR) is 257 cm³/mol. The third-order valence-corrected chi connectivity index (χ3v) is 22.5. The highest BCUT2D eigenvalue weighted by atomic mass is 16.8. The number of aliphatic carboxylic acids is 1. The number of hydrogen-bond acceptors (Lipinski definition) is 22. The molecule has 0 unspecified atom stereocenters. The van der Waals surface area contributed by atoms with E-state index < -0.39 is 182 Å². The summed E-state index contributed by atoms with van der Waals surface area (Å²) in [6.07, 6.45) is -25.4. The van der Waals surface area contributed by atoms with Gasteiger partial charge >= 0.3 is 5.97 Å². The summed E-state index contributed by atoms with van der Waals surface area (Å²) >= 11 is 0. The van der Waals surface area contributed by atoms with Crippen LogP contribution in [0.3, 0.4) is 0 Å². The lowest BCUT2D eigenvalue weighted by Gasteiger charge is -2.75. The Kier molecular flexibility index (Phi) is 15.4. The molecule has 1 spiro atoms. The van der Waals surface area contributed by atoms with Gasteiger partial charge < -0.3 is 109 Å². The average molecular weight is 1090 g/mol. The minimum atomic E-state index is -1.97. The molecule has 5 saturated heterocycles. The van der Waals surface area contributed by atoms with Gasteiger partial charge in [0, 0.05) is 10.8 Å². The molecule has 10 fully saturated rings. The summed E-state index contributed by atoms with van der Waals surface area (Å²) in [6, 6.07) is 0. The van der Waals surface area contributed by atoms with Crippen molar-refractivity contribution < 1.29 is 114 Å². The first-order chi connectivity index (χ1) is 35.6. The zero-order valence-electron chi connectivity index (χ0n) is 44.7. The summed E-state index contributed by atoms with van der Waals surface area (Å²) < 4.78 is 55.8. The monoisotopic (exact) mass is 1090 g/mol. The maximum absolute atomic E-state index is 12.8. The molecule has 2 bridgehead atoms. The molecule has 13 N–H and O–H groups in total. The van der Waals surface area contributed by atoms with Gasteiger partial charge in [0.1, 0.15) is 85.5 Å². The first-order valence-electron chi connectivity index (χ1n) is 27.7. The van der Waals surface area contributed by atoms with E-state index in [0.29, 0.717) is 38.7 Å². The zero-order valence-corrected chi connectivity index (χ0v) is 44.7. The molecule has 10 rings (SSSR count). The van der Waals surface area contributed by atoms with Crippen molar-refractivity contribution in [3.63, 3.8) is 0 Å². The molecular formula is C53H86O23. The van der Waals surface area contributed by atoms with Gasteiger partial charge in [-0.25, -0.2) is 0 Å². The van der Waals surface area contributed by atoms with E-state index in [1.165, 1.54) is 6.92 Å². The lowest BCUT2D eigenvalue weighted by Crippen LogP contribution is -2.74. The first-order valence-corrected chi connectivity index (χ1v) is 27.7. The van der Waals surface area contributed by atoms with Crippen molar-refractivity contribution in [3.05, 3.63) is 0 Å². The van der Waals surface area contributed by atoms with Crippen molar-refractivity contribution in [2.45, 2.75) is 247 Å². The summed E-state index contributed by atoms with van der Waals surface area (Å²) in [5.74, 6) is -0.605. The van der Waals surface area contributed by atoms with E-state index in [1.54, 1.807) is 0 Å². The van der Waals surface area contributed by atoms with Gasteiger partial charge in [-0.1, -0.05) is 34.6 Å². The summed E-state index contributed by atoms with van der Waals surface area (Å²) in [7, 11) is 0. The van der Waals surface area contributed by atoms with E-state index >= 15 is 0 Å². The molecule has 5 aliphatic carbocycles. The summed E-state index contributed by atoms with van der Waals surface area (Å²) in [6.45, 7) is 13.1. The maximum Gasteiger partial charge on any atom is 0.309 e. The van der Waals surface area contributed by atoms with Gasteiger partial charge in [0.05, 0.1) is 55.8 Å². The van der Waals surface area contributed by atoms with Crippen LogP contribution in [0.2, 0.25) is 0 Å². The largest absolute Gasteiger partial charge is 0.481 e. The van der Waals surface area contributed by atoms with Crippen LogP contribution in [0.4, 0.5) is 0 Å². The van der Waals surface area contributed by atoms with E-state index in [0.717, 1.165) is 32.1 Å². The molecule has 0 aromatic rings. The number of aliphatic hydroxyl groups is 12. The molecule has 76 heavy (non-hydrogen) atoms. The summed E-state index contributed by atoms with van der Waals surface area (Å²) in [5, 5.41) is 142. The molecular weight excluding hydrogens is 1000 g/mol. The van der Waals surface area contributed by atoms with Crippen LogP contribution in [-0.4, -0.2) is 233 Å². The second kappa shape index (κ2) is 20.2. The Labute approximate surface area is 442 Å². The Hall–Kier alpha value is -1.37. The van der Waals surface area contributed by atoms with Crippen molar-refractivity contribution in [1.82, 2.24) is 0 Å². The van der Waals surface area contributed by atoms with Crippen molar-refractivity contribution in [3.8, 4) is 0 Å². The number of ether oxygens (including phenoxy) is 9. The van der Waals surface area contributed by atoms with Gasteiger partial charge in [-0.15, -0.1) is 0 Å². The molecule has 5 heterocycles. The van der Waals surface area contributed by atoms with Crippen molar-refractivity contribution in [1.29, 1.82) is 0 Å². The number of carboxylic acid groups (broad SMARTS) is 1. The van der Waals surface area contributed by atoms with Crippen LogP contribution in [-0.2, 0) is 47.4 Å². The number of aliphatic hydroxyl groups excluding tert-OH is 12. The smallest absolute Gasteiger partial charge is 0.309 e. The Morgan fingerprint density at radius 2 is 1.17 bits per heavy atom. The van der Waals surface area contributed by atoms with Gasteiger partial charge in [0.25, 0.3) is 0 Å². The van der Waals surface area contributed by atoms with Crippen LogP contribution in [0.1, 0.15) is 113 Å². The second-order valence-corrected chi connectivity index (χ2v) is 26.3. The van der Waals surface area contributed by atoms with Crippen LogP contribution in [0.5, 0.6) is 0 Å². The van der Waals surface area contributed by atoms with Crippen LogP contribution in [0.25, 0.3) is 0 Å². The topological polar surface area (TPSA) is 363 Å². The third kappa shape index (κ3) is 8.48. The minimum Gasteiger partial charge on any atom is -0.481 e. The number of fused-ring (bicyclic) bond motifs is 4. The van der Waals surface area contributed by atoms with E-state index in [9.17, 15) is 71.2 Å². The third-order valence-electron chi connectivity index (χ3n) is 22.5. The molecule has 30 atom stereocenters.